The maximum atomic E-state index is 11.9. The number of esters is 1. The van der Waals surface area contributed by atoms with Gasteiger partial charge in [-0.05, 0) is 31.6 Å². The topological polar surface area (TPSA) is 63.6 Å². The number of carboxylic acids is 1. The normalized spacial score (nSPS) is 12.1. The Labute approximate surface area is 173 Å². The van der Waals surface area contributed by atoms with Crippen LogP contribution in [0.15, 0.2) is 0 Å². The van der Waals surface area contributed by atoms with Gasteiger partial charge in [0.15, 0.2) is 0 Å². The van der Waals surface area contributed by atoms with Crippen molar-refractivity contribution >= 4 is 11.9 Å². The Hall–Kier alpha value is -1.06. The largest absolute Gasteiger partial charge is 0.481 e. The molecule has 0 aromatic rings. The van der Waals surface area contributed by atoms with Crippen molar-refractivity contribution < 1.29 is 19.4 Å². The second-order valence-electron chi connectivity index (χ2n) is 8.26. The molecule has 1 N–H and O–H groups in total. The second-order valence-corrected chi connectivity index (χ2v) is 8.26. The van der Waals surface area contributed by atoms with E-state index in [1.165, 1.54) is 77.0 Å². The Morgan fingerprint density at radius 3 is 1.71 bits per heavy atom. The molecule has 0 spiro atoms. The molecule has 0 aromatic heterocycles. The minimum absolute atomic E-state index is 0.130. The first-order valence-electron chi connectivity index (χ1n) is 12.0. The molecule has 0 aliphatic heterocycles. The summed E-state index contributed by atoms with van der Waals surface area (Å²) in [5.41, 5.74) is 0. The summed E-state index contributed by atoms with van der Waals surface area (Å²) in [5, 5.41) is 8.63. The van der Waals surface area contributed by atoms with E-state index in [4.69, 9.17) is 9.84 Å². The lowest BCUT2D eigenvalue weighted by atomic mass is 9.95. The van der Waals surface area contributed by atoms with E-state index in [1.807, 2.05) is 0 Å². The number of unbranched alkanes of at least 4 members (excludes halogenated alkanes) is 11. The van der Waals surface area contributed by atoms with E-state index in [1.54, 1.807) is 0 Å². The summed E-state index contributed by atoms with van der Waals surface area (Å²) in [6, 6.07) is 0. The van der Waals surface area contributed by atoms with Crippen LogP contribution in [0.3, 0.4) is 0 Å². The van der Waals surface area contributed by atoms with Gasteiger partial charge in [0.05, 0.1) is 6.61 Å². The smallest absolute Gasteiger partial charge is 0.305 e. The van der Waals surface area contributed by atoms with Gasteiger partial charge < -0.3 is 9.84 Å². The van der Waals surface area contributed by atoms with Crippen LogP contribution >= 0.6 is 0 Å². The number of rotatable bonds is 21. The Morgan fingerprint density at radius 1 is 0.679 bits per heavy atom. The summed E-state index contributed by atoms with van der Waals surface area (Å²) >= 11 is 0. The van der Waals surface area contributed by atoms with Gasteiger partial charge in [-0.2, -0.15) is 0 Å². The highest BCUT2D eigenvalue weighted by atomic mass is 16.5. The Bertz CT molecular complexity index is 368. The SMILES string of the molecule is CCCCCCCCCCCC(CCCCC)COC(=O)CCCCC(=O)O. The third-order valence-electron chi connectivity index (χ3n) is 5.43. The molecule has 0 aliphatic carbocycles. The molecule has 0 aromatic carbocycles. The fraction of sp³-hybridized carbons (Fsp3) is 0.917. The Balaban J connectivity index is 3.86. The average Bonchev–Trinajstić information content (AvgIpc) is 2.67. The standard InChI is InChI=1S/C24H46O4/c1-3-5-7-8-9-10-11-12-14-18-22(17-13-6-4-2)21-28-24(27)20-16-15-19-23(25)26/h22H,3-21H2,1-2H3,(H,25,26). The summed E-state index contributed by atoms with van der Waals surface area (Å²) in [6.07, 6.45) is 19.7. The highest BCUT2D eigenvalue weighted by Gasteiger charge is 2.12. The second kappa shape index (κ2) is 20.7. The molecule has 0 saturated heterocycles. The molecular formula is C24H46O4. The van der Waals surface area contributed by atoms with E-state index in [2.05, 4.69) is 13.8 Å². The Morgan fingerprint density at radius 2 is 1.14 bits per heavy atom. The summed E-state index contributed by atoms with van der Waals surface area (Å²) in [7, 11) is 0. The van der Waals surface area contributed by atoms with Gasteiger partial charge in [-0.15, -0.1) is 0 Å². The first-order chi connectivity index (χ1) is 13.6. The van der Waals surface area contributed by atoms with Gasteiger partial charge in [-0.3, -0.25) is 9.59 Å². The van der Waals surface area contributed by atoms with E-state index in [-0.39, 0.29) is 12.4 Å². The van der Waals surface area contributed by atoms with E-state index in [0.717, 1.165) is 12.8 Å². The molecule has 4 nitrogen and oxygen atoms in total. The predicted octanol–water partition coefficient (Wildman–Crippen LogP) is 7.29. The van der Waals surface area contributed by atoms with Crippen LogP contribution < -0.4 is 0 Å². The van der Waals surface area contributed by atoms with Crippen LogP contribution in [0.2, 0.25) is 0 Å². The molecule has 0 rings (SSSR count). The predicted molar refractivity (Wildman–Crippen MR) is 117 cm³/mol. The lowest BCUT2D eigenvalue weighted by molar-refractivity contribution is -0.145. The molecule has 0 heterocycles. The molecule has 0 radical (unpaired) electrons. The van der Waals surface area contributed by atoms with Crippen LogP contribution in [-0.2, 0) is 14.3 Å². The van der Waals surface area contributed by atoms with Gasteiger partial charge in [-0.1, -0.05) is 90.9 Å². The minimum Gasteiger partial charge on any atom is -0.481 e. The quantitative estimate of drug-likeness (QED) is 0.163. The fourth-order valence-corrected chi connectivity index (χ4v) is 3.57. The number of carboxylic acid groups (broad SMARTS) is 1. The molecule has 0 aliphatic rings. The summed E-state index contributed by atoms with van der Waals surface area (Å²) < 4.78 is 5.49. The lowest BCUT2D eigenvalue weighted by Gasteiger charge is -2.17. The Kier molecular flexibility index (Phi) is 19.9. The zero-order valence-corrected chi connectivity index (χ0v) is 18.7. The van der Waals surface area contributed by atoms with Gasteiger partial charge in [0, 0.05) is 12.8 Å². The van der Waals surface area contributed by atoms with Crippen molar-refractivity contribution in [3.8, 4) is 0 Å². The first kappa shape index (κ1) is 26.9. The van der Waals surface area contributed by atoms with Gasteiger partial charge >= 0.3 is 11.9 Å². The molecule has 28 heavy (non-hydrogen) atoms. The number of ether oxygens (including phenoxy) is 1. The third kappa shape index (κ3) is 19.7. The zero-order valence-electron chi connectivity index (χ0n) is 18.7. The molecule has 1 unspecified atom stereocenters. The van der Waals surface area contributed by atoms with Crippen molar-refractivity contribution in [3.63, 3.8) is 0 Å². The van der Waals surface area contributed by atoms with E-state index in [0.29, 0.717) is 31.8 Å². The van der Waals surface area contributed by atoms with E-state index in [9.17, 15) is 9.59 Å². The molecule has 1 atom stereocenters. The van der Waals surface area contributed by atoms with Crippen molar-refractivity contribution in [3.05, 3.63) is 0 Å². The van der Waals surface area contributed by atoms with Crippen molar-refractivity contribution in [1.82, 2.24) is 0 Å². The number of carbonyl (C=O) groups is 2. The van der Waals surface area contributed by atoms with Crippen LogP contribution in [-0.4, -0.2) is 23.7 Å². The molecule has 4 heteroatoms. The van der Waals surface area contributed by atoms with Gasteiger partial charge in [0.1, 0.15) is 0 Å². The first-order valence-corrected chi connectivity index (χ1v) is 12.0. The summed E-state index contributed by atoms with van der Waals surface area (Å²) in [4.78, 5) is 22.4. The van der Waals surface area contributed by atoms with Crippen LogP contribution in [0.25, 0.3) is 0 Å². The number of hydrogen-bond acceptors (Lipinski definition) is 3. The van der Waals surface area contributed by atoms with Gasteiger partial charge in [0.25, 0.3) is 0 Å². The fourth-order valence-electron chi connectivity index (χ4n) is 3.57. The summed E-state index contributed by atoms with van der Waals surface area (Å²) in [6.45, 7) is 5.01. The minimum atomic E-state index is -0.801. The van der Waals surface area contributed by atoms with Crippen molar-refractivity contribution in [2.45, 2.75) is 129 Å². The maximum Gasteiger partial charge on any atom is 0.305 e. The molecular weight excluding hydrogens is 352 g/mol. The number of aliphatic carboxylic acids is 1. The average molecular weight is 399 g/mol. The zero-order chi connectivity index (χ0) is 20.9. The van der Waals surface area contributed by atoms with E-state index >= 15 is 0 Å². The highest BCUT2D eigenvalue weighted by Crippen LogP contribution is 2.19. The monoisotopic (exact) mass is 398 g/mol. The van der Waals surface area contributed by atoms with Crippen LogP contribution in [0, 0.1) is 5.92 Å². The van der Waals surface area contributed by atoms with Crippen LogP contribution in [0.4, 0.5) is 0 Å². The van der Waals surface area contributed by atoms with Crippen molar-refractivity contribution in [1.29, 1.82) is 0 Å². The van der Waals surface area contributed by atoms with Crippen LogP contribution in [0.1, 0.15) is 129 Å². The van der Waals surface area contributed by atoms with Gasteiger partial charge in [0.2, 0.25) is 0 Å². The molecule has 0 fully saturated rings. The maximum absolute atomic E-state index is 11.9. The van der Waals surface area contributed by atoms with Gasteiger partial charge in [-0.25, -0.2) is 0 Å². The number of carbonyl (C=O) groups excluding carboxylic acids is 1. The molecule has 0 bridgehead atoms. The van der Waals surface area contributed by atoms with Crippen LogP contribution in [0.5, 0.6) is 0 Å². The molecule has 0 saturated carbocycles. The number of hydrogen-bond donors (Lipinski definition) is 1. The van der Waals surface area contributed by atoms with Crippen molar-refractivity contribution in [2.75, 3.05) is 6.61 Å². The third-order valence-corrected chi connectivity index (χ3v) is 5.43. The lowest BCUT2D eigenvalue weighted by Crippen LogP contribution is -2.14. The molecule has 0 amide bonds. The van der Waals surface area contributed by atoms with Crippen molar-refractivity contribution in [2.24, 2.45) is 5.92 Å². The van der Waals surface area contributed by atoms with E-state index < -0.39 is 5.97 Å². The highest BCUT2D eigenvalue weighted by molar-refractivity contribution is 5.69. The summed E-state index contributed by atoms with van der Waals surface area (Å²) in [5.74, 6) is -0.484. The molecule has 166 valence electrons.